The highest BCUT2D eigenvalue weighted by Gasteiger charge is 2.16. The standard InChI is InChI=1S/C18H15N2O.C18H15N2S.2C10H11N4.10C2H6/c2*1-12-9-15-13-5-3-4-6-17(13)21-18(15)10-14(12)16-7-8-19-11-20(16)2;1-8-9(5-12-6-13-8)10-3-4-11-7-14(10)2;1-8-5-12-6-13-10(8)9-3-4-11-7-14(9)2;10*1-2/h2*3-11H,1-2H3;2*3-7H,1-2H3;10*1-2H3/q4*+1;;;;;;;;;;. The van der Waals surface area contributed by atoms with Gasteiger partial charge in [-0.2, -0.15) is 0 Å². The first-order valence-electron chi connectivity index (χ1n) is 32.6. The molecular formula is C76H112N12OS+4. The number of furan rings is 1. The maximum Gasteiger partial charge on any atom is 0.286 e. The summed E-state index contributed by atoms with van der Waals surface area (Å²) in [4.78, 5) is 32.7. The van der Waals surface area contributed by atoms with Crippen LogP contribution in [0.3, 0.4) is 0 Å². The van der Waals surface area contributed by atoms with Crippen LogP contribution in [-0.2, 0) is 28.2 Å². The number of rotatable bonds is 4. The maximum absolute atomic E-state index is 5.98. The third kappa shape index (κ3) is 23.7. The first-order valence-corrected chi connectivity index (χ1v) is 33.4. The van der Waals surface area contributed by atoms with Crippen LogP contribution in [0.5, 0.6) is 0 Å². The number of thiophene rings is 1. The largest absolute Gasteiger partial charge is 0.456 e. The first-order chi connectivity index (χ1) is 44.0. The van der Waals surface area contributed by atoms with Gasteiger partial charge in [0.05, 0.1) is 39.4 Å². The van der Waals surface area contributed by atoms with Gasteiger partial charge in [-0.05, 0) is 80.8 Å². The van der Waals surface area contributed by atoms with E-state index in [0.717, 1.165) is 50.8 Å². The molecule has 0 aliphatic carbocycles. The van der Waals surface area contributed by atoms with Gasteiger partial charge in [0.1, 0.15) is 71.4 Å². The number of hydrogen-bond donors (Lipinski definition) is 0. The van der Waals surface area contributed by atoms with Crippen molar-refractivity contribution in [3.8, 4) is 45.2 Å². The van der Waals surface area contributed by atoms with E-state index in [9.17, 15) is 0 Å². The molecule has 14 heteroatoms. The van der Waals surface area contributed by atoms with Gasteiger partial charge in [0.25, 0.3) is 25.3 Å². The lowest BCUT2D eigenvalue weighted by Gasteiger charge is -2.06. The average Bonchev–Trinajstić information content (AvgIpc) is 1.62. The third-order valence-electron chi connectivity index (χ3n) is 12.1. The minimum absolute atomic E-state index is 0.925. The molecule has 0 amide bonds. The highest BCUT2D eigenvalue weighted by Crippen LogP contribution is 2.37. The van der Waals surface area contributed by atoms with Crippen molar-refractivity contribution in [2.45, 2.75) is 166 Å². The van der Waals surface area contributed by atoms with Crippen molar-refractivity contribution >= 4 is 53.4 Å². The molecule has 13 nitrogen and oxygen atoms in total. The fourth-order valence-electron chi connectivity index (χ4n) is 8.43. The Morgan fingerprint density at radius 2 is 0.733 bits per heavy atom. The molecule has 0 unspecified atom stereocenters. The topological polar surface area (TPSA) is 132 Å². The zero-order valence-electron chi connectivity index (χ0n) is 60.3. The molecule has 0 aliphatic heterocycles. The summed E-state index contributed by atoms with van der Waals surface area (Å²) in [6, 6.07) is 33.7. The Morgan fingerprint density at radius 3 is 1.20 bits per heavy atom. The molecule has 0 atom stereocenters. The van der Waals surface area contributed by atoms with E-state index in [0.29, 0.717) is 0 Å². The number of benzene rings is 4. The molecule has 0 saturated carbocycles. The Morgan fingerprint density at radius 1 is 0.333 bits per heavy atom. The normalized spacial score (nSPS) is 9.11. The fraction of sp³-hybridized carbons (Fsp3) is 0.368. The SMILES string of the molecule is CC.CC.CC.CC.CC.CC.CC.CC.CC.CC.Cc1cc2c(cc1-c1ccnc[n+]1C)oc1ccccc12.Cc1cc2c(cc1-c1ccnc[n+]1C)sc1ccccc12.Cc1cncnc1-c1ccnc[n+]1C.Cc1ncncc1-c1ccnc[n+]1C. The van der Waals surface area contributed by atoms with Crippen molar-refractivity contribution in [3.05, 3.63) is 195 Å². The van der Waals surface area contributed by atoms with Crippen LogP contribution in [0.4, 0.5) is 0 Å². The summed E-state index contributed by atoms with van der Waals surface area (Å²) in [6.07, 6.45) is 21.1. The van der Waals surface area contributed by atoms with E-state index in [2.05, 4.69) is 119 Å². The Kier molecular flexibility index (Phi) is 45.7. The molecule has 0 N–H and O–H groups in total. The lowest BCUT2D eigenvalue weighted by atomic mass is 10.0. The summed E-state index contributed by atoms with van der Waals surface area (Å²) in [7, 11) is 7.94. The lowest BCUT2D eigenvalue weighted by Crippen LogP contribution is -2.31. The molecule has 0 bridgehead atoms. The van der Waals surface area contributed by atoms with Crippen molar-refractivity contribution < 1.29 is 22.7 Å². The van der Waals surface area contributed by atoms with Crippen molar-refractivity contribution in [2.24, 2.45) is 28.2 Å². The van der Waals surface area contributed by atoms with Gasteiger partial charge in [-0.25, -0.2) is 38.2 Å². The van der Waals surface area contributed by atoms with Crippen LogP contribution >= 0.6 is 11.3 Å². The first kappa shape index (κ1) is 83.4. The zero-order chi connectivity index (χ0) is 68.7. The number of para-hydroxylation sites is 1. The van der Waals surface area contributed by atoms with Gasteiger partial charge >= 0.3 is 0 Å². The zero-order valence-corrected chi connectivity index (χ0v) is 61.2. The second-order valence-corrected chi connectivity index (χ2v) is 18.0. The predicted molar refractivity (Wildman–Crippen MR) is 387 cm³/mol. The number of aryl methyl sites for hydroxylation is 8. The number of fused-ring (bicyclic) bond motifs is 6. The van der Waals surface area contributed by atoms with Gasteiger partial charge in [0, 0.05) is 78.7 Å². The summed E-state index contributed by atoms with van der Waals surface area (Å²) in [5.74, 6) is 0. The summed E-state index contributed by atoms with van der Waals surface area (Å²) in [5.41, 5.74) is 15.3. The number of nitrogens with zero attached hydrogens (tertiary/aromatic N) is 12. The Hall–Kier alpha value is -8.62. The van der Waals surface area contributed by atoms with Crippen LogP contribution in [0.15, 0.2) is 177 Å². The predicted octanol–water partition coefficient (Wildman–Crippen LogP) is 19.6. The Balaban J connectivity index is 0. The summed E-state index contributed by atoms with van der Waals surface area (Å²) >= 11 is 1.86. The van der Waals surface area contributed by atoms with E-state index >= 15 is 0 Å². The Labute approximate surface area is 547 Å². The Bertz CT molecular complexity index is 3480. The summed E-state index contributed by atoms with van der Waals surface area (Å²) in [6.45, 7) is 48.3. The van der Waals surface area contributed by atoms with Crippen LogP contribution < -0.4 is 18.3 Å². The van der Waals surface area contributed by atoms with Crippen molar-refractivity contribution in [3.63, 3.8) is 0 Å². The average molecular weight is 1240 g/mol. The smallest absolute Gasteiger partial charge is 0.286 e. The highest BCUT2D eigenvalue weighted by atomic mass is 32.1. The van der Waals surface area contributed by atoms with Gasteiger partial charge in [0.2, 0.25) is 0 Å². The third-order valence-corrected chi connectivity index (χ3v) is 13.2. The van der Waals surface area contributed by atoms with Gasteiger partial charge in [-0.1, -0.05) is 195 Å². The molecular weight excluding hydrogens is 1130 g/mol. The minimum atomic E-state index is 0.925. The van der Waals surface area contributed by atoms with Crippen molar-refractivity contribution in [2.75, 3.05) is 0 Å². The molecule has 8 aromatic heterocycles. The lowest BCUT2D eigenvalue weighted by molar-refractivity contribution is -0.663. The van der Waals surface area contributed by atoms with E-state index in [1.807, 2.05) is 279 Å². The van der Waals surface area contributed by atoms with Crippen LogP contribution in [0.1, 0.15) is 161 Å². The van der Waals surface area contributed by atoms with Gasteiger partial charge in [-0.3, -0.25) is 0 Å². The van der Waals surface area contributed by atoms with E-state index in [1.54, 1.807) is 37.7 Å². The van der Waals surface area contributed by atoms with Crippen molar-refractivity contribution in [1.29, 1.82) is 0 Å². The number of hydrogen-bond acceptors (Lipinski definition) is 10. The van der Waals surface area contributed by atoms with E-state index in [4.69, 9.17) is 4.42 Å². The minimum Gasteiger partial charge on any atom is -0.456 e. The second-order valence-electron chi connectivity index (χ2n) is 16.9. The molecule has 12 aromatic rings. The quantitative estimate of drug-likeness (QED) is 0.158. The van der Waals surface area contributed by atoms with Gasteiger partial charge in [0.15, 0.2) is 5.69 Å². The molecule has 0 saturated heterocycles. The number of aromatic nitrogens is 12. The molecule has 0 fully saturated rings. The molecule has 0 spiro atoms. The van der Waals surface area contributed by atoms with E-state index < -0.39 is 0 Å². The van der Waals surface area contributed by atoms with E-state index in [-0.39, 0.29) is 0 Å². The molecule has 484 valence electrons. The second kappa shape index (κ2) is 49.3. The molecule has 0 aliphatic rings. The van der Waals surface area contributed by atoms with Crippen LogP contribution in [-0.4, -0.2) is 39.9 Å². The molecule has 4 aromatic carbocycles. The summed E-state index contributed by atoms with van der Waals surface area (Å²) < 4.78 is 16.7. The molecule has 90 heavy (non-hydrogen) atoms. The van der Waals surface area contributed by atoms with Crippen LogP contribution in [0.2, 0.25) is 0 Å². The summed E-state index contributed by atoms with van der Waals surface area (Å²) in [5, 5.41) is 5.05. The monoisotopic (exact) mass is 1240 g/mol. The molecule has 8 heterocycles. The van der Waals surface area contributed by atoms with Crippen molar-refractivity contribution in [1.82, 2.24) is 39.9 Å². The maximum atomic E-state index is 5.98. The fourth-order valence-corrected chi connectivity index (χ4v) is 9.56. The van der Waals surface area contributed by atoms with E-state index in [1.165, 1.54) is 58.9 Å². The van der Waals surface area contributed by atoms with Crippen LogP contribution in [0, 0.1) is 27.7 Å². The molecule has 12 rings (SSSR count). The molecule has 0 radical (unpaired) electrons. The van der Waals surface area contributed by atoms with Gasteiger partial charge < -0.3 is 4.42 Å². The highest BCUT2D eigenvalue weighted by molar-refractivity contribution is 7.25. The van der Waals surface area contributed by atoms with Crippen LogP contribution in [0.25, 0.3) is 87.3 Å². The van der Waals surface area contributed by atoms with Gasteiger partial charge in [-0.15, -0.1) is 11.3 Å².